The van der Waals surface area contributed by atoms with Crippen molar-refractivity contribution in [2.45, 2.75) is 11.3 Å². The van der Waals surface area contributed by atoms with Gasteiger partial charge in [0.2, 0.25) is 0 Å². The van der Waals surface area contributed by atoms with Gasteiger partial charge >= 0.3 is 0 Å². The van der Waals surface area contributed by atoms with Crippen molar-refractivity contribution in [3.8, 4) is 5.75 Å². The maximum atomic E-state index is 12.0. The van der Waals surface area contributed by atoms with Gasteiger partial charge in [-0.2, -0.15) is 0 Å². The quantitative estimate of drug-likeness (QED) is 0.560. The van der Waals surface area contributed by atoms with Crippen LogP contribution in [0, 0.1) is 0 Å². The Balaban J connectivity index is 3.04. The number of hydrogen-bond acceptors (Lipinski definition) is 5. The second-order valence-electron chi connectivity index (χ2n) is 4.03. The molecule has 0 aliphatic carbocycles. The Labute approximate surface area is 136 Å². The maximum absolute atomic E-state index is 12.0. The van der Waals surface area contributed by atoms with Crippen LogP contribution in [-0.2, 0) is 13.8 Å². The van der Waals surface area contributed by atoms with Crippen molar-refractivity contribution in [2.75, 3.05) is 27.4 Å². The summed E-state index contributed by atoms with van der Waals surface area (Å²) < 4.78 is 33.3. The summed E-state index contributed by atoms with van der Waals surface area (Å²) in [6.07, 6.45) is 0.653. The zero-order chi connectivity index (χ0) is 16.0. The Bertz CT molecular complexity index is 620. The van der Waals surface area contributed by atoms with Crippen molar-refractivity contribution in [1.29, 1.82) is 0 Å². The smallest absolute Gasteiger partial charge is 0.265 e. The van der Waals surface area contributed by atoms with Gasteiger partial charge in [0.05, 0.1) is 11.6 Å². The fraction of sp³-hybridized carbons (Fsp3) is 0.417. The maximum Gasteiger partial charge on any atom is 0.265 e. The molecule has 0 aliphatic rings. The lowest BCUT2D eigenvalue weighted by atomic mass is 10.2. The molecule has 1 aromatic rings. The first kappa shape index (κ1) is 18.2. The van der Waals surface area contributed by atoms with Gasteiger partial charge in [-0.15, -0.1) is 0 Å². The molecule has 0 atom stereocenters. The van der Waals surface area contributed by atoms with Crippen LogP contribution in [-0.4, -0.2) is 41.7 Å². The van der Waals surface area contributed by atoms with Gasteiger partial charge in [0.15, 0.2) is 5.75 Å². The van der Waals surface area contributed by atoms with Crippen LogP contribution in [0.4, 0.5) is 0 Å². The molecule has 0 saturated heterocycles. The predicted octanol–water partition coefficient (Wildman–Crippen LogP) is 2.15. The van der Waals surface area contributed by atoms with Crippen LogP contribution in [0.1, 0.15) is 16.8 Å². The monoisotopic (exact) mass is 399 g/mol. The van der Waals surface area contributed by atoms with Crippen molar-refractivity contribution in [1.82, 2.24) is 5.32 Å². The zero-order valence-electron chi connectivity index (χ0n) is 11.5. The van der Waals surface area contributed by atoms with Gasteiger partial charge in [-0.1, -0.05) is 0 Å². The van der Waals surface area contributed by atoms with Gasteiger partial charge in [-0.25, -0.2) is 8.42 Å². The van der Waals surface area contributed by atoms with Crippen molar-refractivity contribution < 1.29 is 22.7 Å². The average Bonchev–Trinajstić information content (AvgIpc) is 2.41. The van der Waals surface area contributed by atoms with E-state index in [4.69, 9.17) is 20.2 Å². The number of methoxy groups -OCH3 is 2. The van der Waals surface area contributed by atoms with Gasteiger partial charge < -0.3 is 14.8 Å². The first-order valence-electron chi connectivity index (χ1n) is 5.90. The highest BCUT2D eigenvalue weighted by atomic mass is 79.9. The molecule has 0 spiro atoms. The summed E-state index contributed by atoms with van der Waals surface area (Å²) in [5.41, 5.74) is 0.166. The first-order valence-corrected chi connectivity index (χ1v) is 9.00. The van der Waals surface area contributed by atoms with Crippen LogP contribution in [0.2, 0.25) is 0 Å². The molecule has 118 valence electrons. The minimum Gasteiger partial charge on any atom is -0.494 e. The number of nitrogens with one attached hydrogen (secondary N) is 1. The van der Waals surface area contributed by atoms with E-state index in [-0.39, 0.29) is 16.2 Å². The van der Waals surface area contributed by atoms with Gasteiger partial charge in [-0.05, 0) is 34.5 Å². The first-order chi connectivity index (χ1) is 9.81. The summed E-state index contributed by atoms with van der Waals surface area (Å²) in [6, 6.07) is 2.65. The largest absolute Gasteiger partial charge is 0.494 e. The number of halogens is 2. The standard InChI is InChI=1S/C12H15BrClNO5S/c1-19-5-3-4-15-12(16)8-6-9(13)11(20-2)10(7-8)21(14,17)18/h6-7H,3-5H2,1-2H3,(H,15,16). The molecule has 0 saturated carbocycles. The molecular formula is C12H15BrClNO5S. The topological polar surface area (TPSA) is 81.7 Å². The highest BCUT2D eigenvalue weighted by Gasteiger charge is 2.22. The molecule has 1 rings (SSSR count). The lowest BCUT2D eigenvalue weighted by Gasteiger charge is -2.11. The molecule has 9 heteroatoms. The van der Waals surface area contributed by atoms with Crippen molar-refractivity contribution in [3.05, 3.63) is 22.2 Å². The fourth-order valence-electron chi connectivity index (χ4n) is 1.60. The normalized spacial score (nSPS) is 11.2. The molecule has 0 fully saturated rings. The molecule has 6 nitrogen and oxygen atoms in total. The van der Waals surface area contributed by atoms with Crippen LogP contribution in [0.3, 0.4) is 0 Å². The van der Waals surface area contributed by atoms with Crippen LogP contribution < -0.4 is 10.1 Å². The third kappa shape index (κ3) is 5.14. The molecular weight excluding hydrogens is 386 g/mol. The third-order valence-electron chi connectivity index (χ3n) is 2.55. The lowest BCUT2D eigenvalue weighted by molar-refractivity contribution is 0.0948. The van der Waals surface area contributed by atoms with Crippen LogP contribution >= 0.6 is 26.6 Å². The summed E-state index contributed by atoms with van der Waals surface area (Å²) in [6.45, 7) is 0.938. The molecule has 1 amide bonds. The molecule has 0 aromatic heterocycles. The SMILES string of the molecule is COCCCNC(=O)c1cc(Br)c(OC)c(S(=O)(=O)Cl)c1. The number of rotatable bonds is 7. The van der Waals surface area contributed by atoms with Gasteiger partial charge in [0.1, 0.15) is 4.90 Å². The summed E-state index contributed by atoms with van der Waals surface area (Å²) in [7, 11) is 4.21. The van der Waals surface area contributed by atoms with E-state index in [0.29, 0.717) is 24.0 Å². The number of carbonyl (C=O) groups is 1. The third-order valence-corrected chi connectivity index (χ3v) is 4.47. The van der Waals surface area contributed by atoms with E-state index in [2.05, 4.69) is 21.2 Å². The molecule has 21 heavy (non-hydrogen) atoms. The van der Waals surface area contributed by atoms with Crippen molar-refractivity contribution in [2.24, 2.45) is 0 Å². The molecule has 0 bridgehead atoms. The molecule has 0 unspecified atom stereocenters. The Morgan fingerprint density at radius 3 is 2.57 bits per heavy atom. The summed E-state index contributed by atoms with van der Waals surface area (Å²) in [4.78, 5) is 11.7. The van der Waals surface area contributed by atoms with E-state index in [1.165, 1.54) is 19.2 Å². The van der Waals surface area contributed by atoms with Crippen molar-refractivity contribution >= 4 is 41.6 Å². The average molecular weight is 401 g/mol. The second kappa shape index (κ2) is 7.98. The van der Waals surface area contributed by atoms with E-state index < -0.39 is 15.0 Å². The highest BCUT2D eigenvalue weighted by Crippen LogP contribution is 2.35. The van der Waals surface area contributed by atoms with Crippen LogP contribution in [0.25, 0.3) is 0 Å². The van der Waals surface area contributed by atoms with E-state index in [0.717, 1.165) is 0 Å². The number of ether oxygens (including phenoxy) is 2. The highest BCUT2D eigenvalue weighted by molar-refractivity contribution is 9.10. The van der Waals surface area contributed by atoms with Gasteiger partial charge in [0, 0.05) is 36.5 Å². The number of benzene rings is 1. The van der Waals surface area contributed by atoms with E-state index in [1.54, 1.807) is 7.11 Å². The predicted molar refractivity (Wildman–Crippen MR) is 82.6 cm³/mol. The van der Waals surface area contributed by atoms with Gasteiger partial charge in [-0.3, -0.25) is 4.79 Å². The summed E-state index contributed by atoms with van der Waals surface area (Å²) in [5.74, 6) is -0.350. The number of hydrogen-bond donors (Lipinski definition) is 1. The van der Waals surface area contributed by atoms with E-state index in [1.807, 2.05) is 0 Å². The molecule has 1 N–H and O–H groups in total. The minimum atomic E-state index is -4.04. The fourth-order valence-corrected chi connectivity index (χ4v) is 3.38. The van der Waals surface area contributed by atoms with E-state index in [9.17, 15) is 13.2 Å². The number of carbonyl (C=O) groups excluding carboxylic acids is 1. The van der Waals surface area contributed by atoms with Crippen LogP contribution in [0.15, 0.2) is 21.5 Å². The Hall–Kier alpha value is -0.830. The summed E-state index contributed by atoms with van der Waals surface area (Å²) in [5, 5.41) is 2.66. The number of amides is 1. The van der Waals surface area contributed by atoms with Crippen molar-refractivity contribution in [3.63, 3.8) is 0 Å². The molecule has 0 aliphatic heterocycles. The summed E-state index contributed by atoms with van der Waals surface area (Å²) >= 11 is 3.16. The molecule has 0 radical (unpaired) electrons. The Kier molecular flexibility index (Phi) is 6.92. The zero-order valence-corrected chi connectivity index (χ0v) is 14.6. The molecule has 0 heterocycles. The van der Waals surface area contributed by atoms with E-state index >= 15 is 0 Å². The Morgan fingerprint density at radius 2 is 2.05 bits per heavy atom. The minimum absolute atomic E-state index is 0.0564. The van der Waals surface area contributed by atoms with Gasteiger partial charge in [0.25, 0.3) is 15.0 Å². The lowest BCUT2D eigenvalue weighted by Crippen LogP contribution is -2.25. The Morgan fingerprint density at radius 1 is 1.38 bits per heavy atom. The molecule has 1 aromatic carbocycles. The second-order valence-corrected chi connectivity index (χ2v) is 7.42. The van der Waals surface area contributed by atoms with Crippen LogP contribution in [0.5, 0.6) is 5.75 Å².